The molecule has 0 saturated heterocycles. The number of carbonyl (C=O) groups is 1. The third-order valence-corrected chi connectivity index (χ3v) is 1.48. The Morgan fingerprint density at radius 1 is 1.85 bits per heavy atom. The van der Waals surface area contributed by atoms with Crippen molar-refractivity contribution < 1.29 is 9.90 Å². The normalized spacial score (nSPS) is 11.8. The van der Waals surface area contributed by atoms with Gasteiger partial charge in [0.1, 0.15) is 6.04 Å². The summed E-state index contributed by atoms with van der Waals surface area (Å²) in [6.07, 6.45) is 3.35. The number of nitrogens with one attached hydrogen (secondary N) is 2. The van der Waals surface area contributed by atoms with Gasteiger partial charge in [0.2, 0.25) is 0 Å². The fourth-order valence-corrected chi connectivity index (χ4v) is 0.834. The van der Waals surface area contributed by atoms with E-state index in [0.29, 0.717) is 6.42 Å². The number of hydrogen-bond acceptors (Lipinski definition) is 4. The molecule has 1 rings (SSSR count). The van der Waals surface area contributed by atoms with Crippen LogP contribution in [0, 0.1) is 0 Å². The predicted octanol–water partition coefficient (Wildman–Crippen LogP) is -0.710. The number of aromatic nitrogens is 2. The minimum atomic E-state index is -0.980. The Hall–Kier alpha value is -1.11. The highest BCUT2D eigenvalue weighted by Gasteiger charge is 2.15. The van der Waals surface area contributed by atoms with Gasteiger partial charge in [-0.05, 0) is 0 Å². The maximum atomic E-state index is 10.5. The second kappa shape index (κ2) is 5.52. The van der Waals surface area contributed by atoms with E-state index < -0.39 is 12.0 Å². The third kappa shape index (κ3) is 3.41. The van der Waals surface area contributed by atoms with Gasteiger partial charge in [0.05, 0.1) is 6.33 Å². The lowest BCUT2D eigenvalue weighted by molar-refractivity contribution is -0.139. The molecule has 7 heteroatoms. The Kier molecular flexibility index (Phi) is 5.05. The van der Waals surface area contributed by atoms with Crippen LogP contribution < -0.4 is 11.3 Å². The van der Waals surface area contributed by atoms with E-state index >= 15 is 0 Å². The SMILES string of the molecule is Cl.NNC(Cc1cnc[nH]1)C(=O)O. The summed E-state index contributed by atoms with van der Waals surface area (Å²) in [6, 6.07) is -0.773. The fraction of sp³-hybridized carbons (Fsp3) is 0.333. The standard InChI is InChI=1S/C6H10N4O2.ClH/c7-10-5(6(11)12)1-4-2-8-3-9-4;/h2-3,5,10H,1,7H2,(H,8,9)(H,11,12);1H. The van der Waals surface area contributed by atoms with Gasteiger partial charge in [-0.1, -0.05) is 0 Å². The van der Waals surface area contributed by atoms with Crippen molar-refractivity contribution in [3.05, 3.63) is 18.2 Å². The van der Waals surface area contributed by atoms with Gasteiger partial charge in [0.15, 0.2) is 0 Å². The second-order valence-corrected chi connectivity index (χ2v) is 2.34. The summed E-state index contributed by atoms with van der Waals surface area (Å²) in [5, 5.41) is 8.60. The van der Waals surface area contributed by atoms with Gasteiger partial charge in [-0.3, -0.25) is 10.6 Å². The molecule has 1 atom stereocenters. The van der Waals surface area contributed by atoms with E-state index in [1.54, 1.807) is 6.20 Å². The lowest BCUT2D eigenvalue weighted by Gasteiger charge is -2.08. The van der Waals surface area contributed by atoms with Gasteiger partial charge >= 0.3 is 5.97 Å². The van der Waals surface area contributed by atoms with E-state index in [4.69, 9.17) is 10.9 Å². The molecule has 0 aliphatic carbocycles. The molecule has 5 N–H and O–H groups in total. The molecule has 74 valence electrons. The molecule has 1 unspecified atom stereocenters. The first-order valence-electron chi connectivity index (χ1n) is 3.40. The quantitative estimate of drug-likeness (QED) is 0.385. The molecule has 13 heavy (non-hydrogen) atoms. The highest BCUT2D eigenvalue weighted by Crippen LogP contribution is 1.96. The van der Waals surface area contributed by atoms with Crippen molar-refractivity contribution in [1.29, 1.82) is 0 Å². The molecule has 0 aliphatic rings. The first-order valence-corrected chi connectivity index (χ1v) is 3.40. The zero-order valence-corrected chi connectivity index (χ0v) is 7.54. The van der Waals surface area contributed by atoms with E-state index in [0.717, 1.165) is 5.69 Å². The number of aliphatic carboxylic acids is 1. The van der Waals surface area contributed by atoms with Gasteiger partial charge in [-0.2, -0.15) is 0 Å². The van der Waals surface area contributed by atoms with Crippen molar-refractivity contribution in [3.8, 4) is 0 Å². The number of aromatic amines is 1. The Morgan fingerprint density at radius 3 is 2.92 bits per heavy atom. The highest BCUT2D eigenvalue weighted by atomic mass is 35.5. The molecule has 6 nitrogen and oxygen atoms in total. The zero-order valence-electron chi connectivity index (χ0n) is 6.73. The van der Waals surface area contributed by atoms with Crippen molar-refractivity contribution >= 4 is 18.4 Å². The van der Waals surface area contributed by atoms with Crippen LogP contribution in [0.25, 0.3) is 0 Å². The van der Waals surface area contributed by atoms with Crippen molar-refractivity contribution in [3.63, 3.8) is 0 Å². The fourth-order valence-electron chi connectivity index (χ4n) is 0.834. The van der Waals surface area contributed by atoms with Crippen LogP contribution in [0.2, 0.25) is 0 Å². The third-order valence-electron chi connectivity index (χ3n) is 1.48. The molecule has 0 radical (unpaired) electrons. The molecule has 1 heterocycles. The average molecular weight is 207 g/mol. The Bertz CT molecular complexity index is 251. The molecule has 0 fully saturated rings. The number of imidazole rings is 1. The molecular formula is C6H11ClN4O2. The van der Waals surface area contributed by atoms with Crippen molar-refractivity contribution in [2.75, 3.05) is 0 Å². The van der Waals surface area contributed by atoms with Crippen molar-refractivity contribution in [2.24, 2.45) is 5.84 Å². The predicted molar refractivity (Wildman–Crippen MR) is 48.3 cm³/mol. The summed E-state index contributed by atoms with van der Waals surface area (Å²) < 4.78 is 0. The molecule has 0 aromatic carbocycles. The number of rotatable bonds is 4. The summed E-state index contributed by atoms with van der Waals surface area (Å²) in [5.41, 5.74) is 2.93. The maximum absolute atomic E-state index is 10.5. The molecule has 0 amide bonds. The lowest BCUT2D eigenvalue weighted by Crippen LogP contribution is -2.42. The van der Waals surface area contributed by atoms with E-state index in [9.17, 15) is 4.79 Å². The van der Waals surface area contributed by atoms with E-state index in [2.05, 4.69) is 15.4 Å². The van der Waals surface area contributed by atoms with Crippen molar-refractivity contribution in [1.82, 2.24) is 15.4 Å². The Morgan fingerprint density at radius 2 is 2.54 bits per heavy atom. The largest absolute Gasteiger partial charge is 0.480 e. The summed E-state index contributed by atoms with van der Waals surface area (Å²) in [4.78, 5) is 17.0. The van der Waals surface area contributed by atoms with E-state index in [-0.39, 0.29) is 12.4 Å². The number of nitrogens with zero attached hydrogens (tertiary/aromatic N) is 1. The first kappa shape index (κ1) is 11.9. The van der Waals surface area contributed by atoms with E-state index in [1.807, 2.05) is 0 Å². The zero-order chi connectivity index (χ0) is 8.97. The number of carboxylic acids is 1. The molecule has 0 saturated carbocycles. The van der Waals surface area contributed by atoms with Crippen molar-refractivity contribution in [2.45, 2.75) is 12.5 Å². The number of hydrogen-bond donors (Lipinski definition) is 4. The van der Waals surface area contributed by atoms with Gasteiger partial charge < -0.3 is 10.1 Å². The number of carboxylic acid groups (broad SMARTS) is 1. The molecule has 1 aromatic rings. The summed E-state index contributed by atoms with van der Waals surface area (Å²) in [6.45, 7) is 0. The van der Waals surface area contributed by atoms with Crippen LogP contribution in [0.3, 0.4) is 0 Å². The summed E-state index contributed by atoms with van der Waals surface area (Å²) >= 11 is 0. The molecule has 0 bridgehead atoms. The summed E-state index contributed by atoms with van der Waals surface area (Å²) in [5.74, 6) is 4.05. The van der Waals surface area contributed by atoms with Gasteiger partial charge in [-0.15, -0.1) is 12.4 Å². The Labute approximate surface area is 80.9 Å². The molecular weight excluding hydrogens is 196 g/mol. The Balaban J connectivity index is 0.00000144. The molecule has 1 aromatic heterocycles. The highest BCUT2D eigenvalue weighted by molar-refractivity contribution is 5.85. The molecule has 0 aliphatic heterocycles. The summed E-state index contributed by atoms with van der Waals surface area (Å²) in [7, 11) is 0. The first-order chi connectivity index (χ1) is 5.74. The number of halogens is 1. The van der Waals surface area contributed by atoms with Crippen LogP contribution in [0.15, 0.2) is 12.5 Å². The van der Waals surface area contributed by atoms with Gasteiger partial charge in [0, 0.05) is 18.3 Å². The minimum absolute atomic E-state index is 0. The van der Waals surface area contributed by atoms with Crippen LogP contribution in [0.1, 0.15) is 5.69 Å². The van der Waals surface area contributed by atoms with E-state index in [1.165, 1.54) is 6.33 Å². The number of hydrazine groups is 1. The average Bonchev–Trinajstić information content (AvgIpc) is 2.51. The van der Waals surface area contributed by atoms with Crippen LogP contribution in [0.4, 0.5) is 0 Å². The van der Waals surface area contributed by atoms with Gasteiger partial charge in [-0.25, -0.2) is 10.4 Å². The monoisotopic (exact) mass is 206 g/mol. The minimum Gasteiger partial charge on any atom is -0.480 e. The topological polar surface area (TPSA) is 104 Å². The van der Waals surface area contributed by atoms with Crippen LogP contribution in [-0.4, -0.2) is 27.1 Å². The maximum Gasteiger partial charge on any atom is 0.322 e. The molecule has 0 spiro atoms. The van der Waals surface area contributed by atoms with Crippen LogP contribution in [0.5, 0.6) is 0 Å². The van der Waals surface area contributed by atoms with Crippen LogP contribution >= 0.6 is 12.4 Å². The van der Waals surface area contributed by atoms with Crippen LogP contribution in [-0.2, 0) is 11.2 Å². The van der Waals surface area contributed by atoms with Gasteiger partial charge in [0.25, 0.3) is 0 Å². The lowest BCUT2D eigenvalue weighted by atomic mass is 10.2. The second-order valence-electron chi connectivity index (χ2n) is 2.34. The number of nitrogens with two attached hydrogens (primary N) is 1. The number of H-pyrrole nitrogens is 1. The smallest absolute Gasteiger partial charge is 0.322 e.